The van der Waals surface area contributed by atoms with E-state index >= 15 is 0 Å². The molecular formula is C19H15FN2O3S. The average Bonchev–Trinajstić information content (AvgIpc) is 3.11. The highest BCUT2D eigenvalue weighted by atomic mass is 32.1. The number of rotatable bonds is 5. The molecule has 1 unspecified atom stereocenters. The summed E-state index contributed by atoms with van der Waals surface area (Å²) in [4.78, 5) is 28.5. The van der Waals surface area contributed by atoms with Crippen LogP contribution in [0.15, 0.2) is 60.0 Å². The Morgan fingerprint density at radius 1 is 1.12 bits per heavy atom. The standard InChI is InChI=1S/C19H15FN2O3S/c1-12(25-18(24)14-9-5-6-10-15(14)20)17(23)22-19-21-16(11-26-19)13-7-3-2-4-8-13/h2-12H,1H3,(H,21,22,23). The zero-order valence-electron chi connectivity index (χ0n) is 13.8. The maximum Gasteiger partial charge on any atom is 0.341 e. The van der Waals surface area contributed by atoms with E-state index in [1.807, 2.05) is 35.7 Å². The molecule has 0 bridgehead atoms. The number of halogens is 1. The van der Waals surface area contributed by atoms with Crippen molar-refractivity contribution in [2.45, 2.75) is 13.0 Å². The summed E-state index contributed by atoms with van der Waals surface area (Å²) in [6.45, 7) is 1.42. The lowest BCUT2D eigenvalue weighted by Gasteiger charge is -2.12. The van der Waals surface area contributed by atoms with Crippen molar-refractivity contribution in [3.8, 4) is 11.3 Å². The summed E-state index contributed by atoms with van der Waals surface area (Å²) < 4.78 is 18.6. The molecule has 1 N–H and O–H groups in total. The molecule has 3 aromatic rings. The third kappa shape index (κ3) is 4.12. The quantitative estimate of drug-likeness (QED) is 0.686. The minimum absolute atomic E-state index is 0.215. The summed E-state index contributed by atoms with van der Waals surface area (Å²) in [5.74, 6) is -2.13. The molecule has 0 spiro atoms. The van der Waals surface area contributed by atoms with Gasteiger partial charge in [-0.1, -0.05) is 42.5 Å². The van der Waals surface area contributed by atoms with Gasteiger partial charge < -0.3 is 4.74 Å². The number of thiazole rings is 1. The van der Waals surface area contributed by atoms with Crippen LogP contribution < -0.4 is 5.32 Å². The van der Waals surface area contributed by atoms with Crippen LogP contribution in [-0.4, -0.2) is 23.0 Å². The molecular weight excluding hydrogens is 355 g/mol. The maximum atomic E-state index is 13.6. The number of nitrogens with one attached hydrogen (secondary N) is 1. The summed E-state index contributed by atoms with van der Waals surface area (Å²) in [6, 6.07) is 15.0. The number of carbonyl (C=O) groups excluding carboxylic acids is 2. The predicted molar refractivity (Wildman–Crippen MR) is 97.5 cm³/mol. The minimum Gasteiger partial charge on any atom is -0.449 e. The first kappa shape index (κ1) is 17.8. The van der Waals surface area contributed by atoms with Crippen LogP contribution in [0.5, 0.6) is 0 Å². The molecule has 2 aromatic carbocycles. The molecule has 3 rings (SSSR count). The average molecular weight is 370 g/mol. The summed E-state index contributed by atoms with van der Waals surface area (Å²) >= 11 is 1.26. The number of hydrogen-bond acceptors (Lipinski definition) is 5. The van der Waals surface area contributed by atoms with E-state index in [1.165, 1.54) is 36.5 Å². The van der Waals surface area contributed by atoms with Crippen LogP contribution in [0.1, 0.15) is 17.3 Å². The van der Waals surface area contributed by atoms with E-state index in [-0.39, 0.29) is 5.56 Å². The molecule has 0 aliphatic carbocycles. The van der Waals surface area contributed by atoms with Gasteiger partial charge in [0, 0.05) is 10.9 Å². The van der Waals surface area contributed by atoms with Crippen molar-refractivity contribution in [3.05, 3.63) is 71.4 Å². The Morgan fingerprint density at radius 2 is 1.81 bits per heavy atom. The van der Waals surface area contributed by atoms with Crippen LogP contribution in [0.25, 0.3) is 11.3 Å². The lowest BCUT2D eigenvalue weighted by molar-refractivity contribution is -0.123. The number of esters is 1. The van der Waals surface area contributed by atoms with Crippen molar-refractivity contribution in [3.63, 3.8) is 0 Å². The number of nitrogens with zero attached hydrogens (tertiary/aromatic N) is 1. The van der Waals surface area contributed by atoms with Crippen LogP contribution in [0.3, 0.4) is 0 Å². The molecule has 1 atom stereocenters. The highest BCUT2D eigenvalue weighted by molar-refractivity contribution is 7.14. The van der Waals surface area contributed by atoms with Gasteiger partial charge in [-0.3, -0.25) is 10.1 Å². The fourth-order valence-corrected chi connectivity index (χ4v) is 2.91. The first-order valence-corrected chi connectivity index (χ1v) is 8.70. The molecule has 1 aromatic heterocycles. The third-order valence-corrected chi connectivity index (χ3v) is 4.31. The van der Waals surface area contributed by atoms with Crippen molar-refractivity contribution >= 4 is 28.3 Å². The molecule has 0 aliphatic heterocycles. The van der Waals surface area contributed by atoms with E-state index in [0.29, 0.717) is 5.13 Å². The van der Waals surface area contributed by atoms with E-state index in [9.17, 15) is 14.0 Å². The van der Waals surface area contributed by atoms with Crippen LogP contribution >= 0.6 is 11.3 Å². The van der Waals surface area contributed by atoms with Gasteiger partial charge in [0.05, 0.1) is 11.3 Å². The van der Waals surface area contributed by atoms with Crippen LogP contribution in [0.4, 0.5) is 9.52 Å². The fraction of sp³-hybridized carbons (Fsp3) is 0.105. The normalized spacial score (nSPS) is 11.6. The Balaban J connectivity index is 1.62. The highest BCUT2D eigenvalue weighted by Crippen LogP contribution is 2.24. The molecule has 0 fully saturated rings. The number of benzene rings is 2. The second-order valence-electron chi connectivity index (χ2n) is 5.42. The first-order valence-electron chi connectivity index (χ1n) is 7.82. The van der Waals surface area contributed by atoms with Crippen molar-refractivity contribution in [1.82, 2.24) is 4.98 Å². The molecule has 1 heterocycles. The Bertz CT molecular complexity index is 927. The largest absolute Gasteiger partial charge is 0.449 e. The smallest absolute Gasteiger partial charge is 0.341 e. The highest BCUT2D eigenvalue weighted by Gasteiger charge is 2.21. The lowest BCUT2D eigenvalue weighted by atomic mass is 10.2. The molecule has 26 heavy (non-hydrogen) atoms. The Labute approximate surface area is 153 Å². The van der Waals surface area contributed by atoms with Crippen LogP contribution in [0, 0.1) is 5.82 Å². The zero-order chi connectivity index (χ0) is 18.5. The maximum absolute atomic E-state index is 13.6. The number of amides is 1. The van der Waals surface area contributed by atoms with Gasteiger partial charge in [-0.2, -0.15) is 0 Å². The molecule has 7 heteroatoms. The molecule has 132 valence electrons. The Kier molecular flexibility index (Phi) is 5.38. The van der Waals surface area contributed by atoms with Gasteiger partial charge in [-0.05, 0) is 19.1 Å². The molecule has 0 saturated carbocycles. The van der Waals surface area contributed by atoms with Crippen LogP contribution in [-0.2, 0) is 9.53 Å². The summed E-state index contributed by atoms with van der Waals surface area (Å²) in [5.41, 5.74) is 1.46. The van der Waals surface area contributed by atoms with Crippen molar-refractivity contribution < 1.29 is 18.7 Å². The lowest BCUT2D eigenvalue weighted by Crippen LogP contribution is -2.30. The van der Waals surface area contributed by atoms with Crippen molar-refractivity contribution in [2.75, 3.05) is 5.32 Å². The molecule has 0 radical (unpaired) electrons. The number of anilines is 1. The Morgan fingerprint density at radius 3 is 2.54 bits per heavy atom. The van der Waals surface area contributed by atoms with E-state index < -0.39 is 23.8 Å². The number of ether oxygens (including phenoxy) is 1. The van der Waals surface area contributed by atoms with E-state index in [2.05, 4.69) is 10.3 Å². The second-order valence-corrected chi connectivity index (χ2v) is 6.28. The van der Waals surface area contributed by atoms with Gasteiger partial charge in [-0.25, -0.2) is 14.2 Å². The van der Waals surface area contributed by atoms with Gasteiger partial charge in [0.25, 0.3) is 5.91 Å². The van der Waals surface area contributed by atoms with Gasteiger partial charge >= 0.3 is 5.97 Å². The molecule has 0 saturated heterocycles. The first-order chi connectivity index (χ1) is 12.5. The molecule has 0 aliphatic rings. The Hall–Kier alpha value is -3.06. The van der Waals surface area contributed by atoms with Gasteiger partial charge in [0.1, 0.15) is 5.82 Å². The minimum atomic E-state index is -1.09. The molecule has 5 nitrogen and oxygen atoms in total. The van der Waals surface area contributed by atoms with Gasteiger partial charge in [0.2, 0.25) is 0 Å². The topological polar surface area (TPSA) is 68.3 Å². The molecule has 1 amide bonds. The monoisotopic (exact) mass is 370 g/mol. The summed E-state index contributed by atoms with van der Waals surface area (Å²) in [7, 11) is 0. The third-order valence-electron chi connectivity index (χ3n) is 3.55. The summed E-state index contributed by atoms with van der Waals surface area (Å²) in [5, 5.41) is 4.81. The number of hydrogen-bond donors (Lipinski definition) is 1. The zero-order valence-corrected chi connectivity index (χ0v) is 14.6. The van der Waals surface area contributed by atoms with Gasteiger partial charge in [0.15, 0.2) is 11.2 Å². The van der Waals surface area contributed by atoms with E-state index in [4.69, 9.17) is 4.74 Å². The number of aromatic nitrogens is 1. The fourth-order valence-electron chi connectivity index (χ4n) is 2.18. The number of carbonyl (C=O) groups is 2. The summed E-state index contributed by atoms with van der Waals surface area (Å²) in [6.07, 6.45) is -1.09. The van der Waals surface area contributed by atoms with E-state index in [0.717, 1.165) is 17.3 Å². The predicted octanol–water partition coefficient (Wildman–Crippen LogP) is 4.13. The SMILES string of the molecule is CC(OC(=O)c1ccccc1F)C(=O)Nc1nc(-c2ccccc2)cs1. The second kappa shape index (κ2) is 7.88. The van der Waals surface area contributed by atoms with Crippen LogP contribution in [0.2, 0.25) is 0 Å². The van der Waals surface area contributed by atoms with Crippen molar-refractivity contribution in [2.24, 2.45) is 0 Å². The van der Waals surface area contributed by atoms with E-state index in [1.54, 1.807) is 0 Å². The van der Waals surface area contributed by atoms with Crippen molar-refractivity contribution in [1.29, 1.82) is 0 Å². The van der Waals surface area contributed by atoms with Gasteiger partial charge in [-0.15, -0.1) is 11.3 Å².